The fourth-order valence-electron chi connectivity index (χ4n) is 1.76. The molecule has 0 unspecified atom stereocenters. The summed E-state index contributed by atoms with van der Waals surface area (Å²) in [5.41, 5.74) is -2.56. The molecule has 9 heteroatoms. The molecule has 1 N–H and O–H groups in total. The molecule has 2 aromatic carbocycles. The van der Waals surface area contributed by atoms with E-state index in [1.807, 2.05) is 0 Å². The van der Waals surface area contributed by atoms with Crippen molar-refractivity contribution in [3.8, 4) is 0 Å². The summed E-state index contributed by atoms with van der Waals surface area (Å²) in [4.78, 5) is 11.3. The van der Waals surface area contributed by atoms with E-state index in [9.17, 15) is 31.1 Å². The minimum Gasteiger partial charge on any atom is -0.317 e. The number of nitrogens with one attached hydrogen (secondary N) is 1. The van der Waals surface area contributed by atoms with Gasteiger partial charge in [0.15, 0.2) is 0 Å². The van der Waals surface area contributed by atoms with E-state index in [4.69, 9.17) is 0 Å². The van der Waals surface area contributed by atoms with Gasteiger partial charge in [-0.25, -0.2) is 0 Å². The number of hydrogen-bond donors (Lipinski definition) is 1. The molecule has 1 amide bonds. The van der Waals surface area contributed by atoms with Gasteiger partial charge in [-0.1, -0.05) is 18.2 Å². The number of hydrogen-bond acceptors (Lipinski definition) is 2. The molecule has 2 nitrogen and oxygen atoms in total. The zero-order chi connectivity index (χ0) is 18.0. The maximum atomic E-state index is 12.7. The number of benzene rings is 2. The van der Waals surface area contributed by atoms with Crippen molar-refractivity contribution in [3.63, 3.8) is 0 Å². The molecule has 0 saturated carbocycles. The van der Waals surface area contributed by atoms with Gasteiger partial charge in [-0.05, 0) is 42.1 Å². The number of thioether (sulfide) groups is 1. The Bertz CT molecular complexity index is 695. The number of alkyl halides is 6. The van der Waals surface area contributed by atoms with E-state index in [2.05, 4.69) is 5.32 Å². The van der Waals surface area contributed by atoms with Crippen LogP contribution in [0.5, 0.6) is 0 Å². The Kier molecular flexibility index (Phi) is 5.12. The Morgan fingerprint density at radius 2 is 1.33 bits per heavy atom. The molecule has 128 valence electrons. The zero-order valence-electron chi connectivity index (χ0n) is 11.7. The van der Waals surface area contributed by atoms with Gasteiger partial charge in [0, 0.05) is 10.6 Å². The van der Waals surface area contributed by atoms with E-state index in [0.717, 1.165) is 0 Å². The molecule has 0 saturated heterocycles. The van der Waals surface area contributed by atoms with Gasteiger partial charge in [0.2, 0.25) is 0 Å². The van der Waals surface area contributed by atoms with Crippen LogP contribution in [0.1, 0.15) is 11.1 Å². The summed E-state index contributed by atoms with van der Waals surface area (Å²) in [6, 6.07) is 9.01. The number of halogens is 6. The summed E-state index contributed by atoms with van der Waals surface area (Å²) in [6.45, 7) is 0. The Morgan fingerprint density at radius 1 is 0.833 bits per heavy atom. The Balaban J connectivity index is 2.27. The molecule has 0 aliphatic carbocycles. The van der Waals surface area contributed by atoms with Crippen molar-refractivity contribution in [2.75, 3.05) is 5.32 Å². The SMILES string of the molecule is O=C(Nc1ccccc1)Sc1cc(C(F)(F)F)cc(C(F)(F)F)c1. The zero-order valence-corrected chi connectivity index (χ0v) is 12.5. The first-order valence-electron chi connectivity index (χ1n) is 6.39. The summed E-state index contributed by atoms with van der Waals surface area (Å²) in [5, 5.41) is 1.57. The van der Waals surface area contributed by atoms with Gasteiger partial charge in [-0.15, -0.1) is 0 Å². The van der Waals surface area contributed by atoms with Gasteiger partial charge >= 0.3 is 12.4 Å². The quantitative estimate of drug-likeness (QED) is 0.519. The molecule has 0 fully saturated rings. The Labute approximate surface area is 136 Å². The van der Waals surface area contributed by atoms with E-state index >= 15 is 0 Å². The van der Waals surface area contributed by atoms with Gasteiger partial charge in [0.05, 0.1) is 11.1 Å². The normalized spacial score (nSPS) is 12.1. The average Bonchev–Trinajstić information content (AvgIpc) is 2.46. The summed E-state index contributed by atoms with van der Waals surface area (Å²) in [7, 11) is 0. The minimum atomic E-state index is -4.95. The lowest BCUT2D eigenvalue weighted by Gasteiger charge is -2.13. The van der Waals surface area contributed by atoms with Gasteiger partial charge in [0.1, 0.15) is 0 Å². The molecule has 24 heavy (non-hydrogen) atoms. The van der Waals surface area contributed by atoms with Crippen molar-refractivity contribution < 1.29 is 31.1 Å². The van der Waals surface area contributed by atoms with Crippen molar-refractivity contribution in [2.45, 2.75) is 17.2 Å². The molecule has 2 aromatic rings. The summed E-state index contributed by atoms with van der Waals surface area (Å²) < 4.78 is 76.5. The van der Waals surface area contributed by atoms with Crippen LogP contribution >= 0.6 is 11.8 Å². The van der Waals surface area contributed by atoms with E-state index in [1.54, 1.807) is 18.2 Å². The topological polar surface area (TPSA) is 29.1 Å². The highest BCUT2D eigenvalue weighted by molar-refractivity contribution is 8.13. The van der Waals surface area contributed by atoms with Crippen LogP contribution in [0.15, 0.2) is 53.4 Å². The highest BCUT2D eigenvalue weighted by Crippen LogP contribution is 2.38. The molecule has 0 heterocycles. The third kappa shape index (κ3) is 4.92. The van der Waals surface area contributed by atoms with Crippen molar-refractivity contribution >= 4 is 22.7 Å². The molecule has 2 rings (SSSR count). The predicted octanol–water partition coefficient (Wildman–Crippen LogP) is 6.05. The molecule has 0 atom stereocenters. The molecule has 0 aliphatic rings. The molecular weight excluding hydrogens is 356 g/mol. The number of rotatable bonds is 2. The average molecular weight is 365 g/mol. The third-order valence-electron chi connectivity index (χ3n) is 2.79. The lowest BCUT2D eigenvalue weighted by Crippen LogP contribution is -2.11. The first kappa shape index (κ1) is 18.2. The second kappa shape index (κ2) is 6.76. The molecule has 0 aliphatic heterocycles. The molecule has 0 aromatic heterocycles. The second-order valence-electron chi connectivity index (χ2n) is 4.62. The monoisotopic (exact) mass is 365 g/mol. The van der Waals surface area contributed by atoms with E-state index in [0.29, 0.717) is 17.8 Å². The van der Waals surface area contributed by atoms with Crippen LogP contribution in [0, 0.1) is 0 Å². The standard InChI is InChI=1S/C15H9F6NOS/c16-14(17,18)9-6-10(15(19,20)21)8-12(7-9)24-13(23)22-11-4-2-1-3-5-11/h1-8H,(H,22,23). The van der Waals surface area contributed by atoms with Crippen LogP contribution in [0.2, 0.25) is 0 Å². The van der Waals surface area contributed by atoms with Crippen molar-refractivity contribution in [2.24, 2.45) is 0 Å². The maximum absolute atomic E-state index is 12.7. The Morgan fingerprint density at radius 3 is 1.79 bits per heavy atom. The highest BCUT2D eigenvalue weighted by Gasteiger charge is 2.37. The second-order valence-corrected chi connectivity index (χ2v) is 5.67. The summed E-state index contributed by atoms with van der Waals surface area (Å²) in [5.74, 6) is 0. The number of carbonyl (C=O) groups excluding carboxylic acids is 1. The predicted molar refractivity (Wildman–Crippen MR) is 77.8 cm³/mol. The van der Waals surface area contributed by atoms with Crippen LogP contribution < -0.4 is 5.32 Å². The lowest BCUT2D eigenvalue weighted by molar-refractivity contribution is -0.143. The lowest BCUT2D eigenvalue weighted by atomic mass is 10.1. The van der Waals surface area contributed by atoms with E-state index in [-0.39, 0.29) is 17.8 Å². The van der Waals surface area contributed by atoms with Crippen molar-refractivity contribution in [3.05, 3.63) is 59.7 Å². The first-order chi connectivity index (χ1) is 11.1. The van der Waals surface area contributed by atoms with Crippen LogP contribution in [0.25, 0.3) is 0 Å². The fraction of sp³-hybridized carbons (Fsp3) is 0.133. The number of para-hydroxylation sites is 1. The minimum absolute atomic E-state index is 0.0131. The first-order valence-corrected chi connectivity index (χ1v) is 7.21. The van der Waals surface area contributed by atoms with Crippen LogP contribution in [0.4, 0.5) is 36.8 Å². The maximum Gasteiger partial charge on any atom is 0.416 e. The van der Waals surface area contributed by atoms with Crippen molar-refractivity contribution in [1.82, 2.24) is 0 Å². The highest BCUT2D eigenvalue weighted by atomic mass is 32.2. The van der Waals surface area contributed by atoms with Crippen LogP contribution in [-0.4, -0.2) is 5.24 Å². The molecule has 0 spiro atoms. The van der Waals surface area contributed by atoms with Crippen molar-refractivity contribution in [1.29, 1.82) is 0 Å². The largest absolute Gasteiger partial charge is 0.416 e. The van der Waals surface area contributed by atoms with Crippen LogP contribution in [-0.2, 0) is 12.4 Å². The number of anilines is 1. The smallest absolute Gasteiger partial charge is 0.317 e. The van der Waals surface area contributed by atoms with E-state index < -0.39 is 33.6 Å². The van der Waals surface area contributed by atoms with Gasteiger partial charge in [-0.2, -0.15) is 26.3 Å². The molecular formula is C15H9F6NOS. The van der Waals surface area contributed by atoms with Gasteiger partial charge in [0.25, 0.3) is 5.24 Å². The molecule has 0 radical (unpaired) electrons. The van der Waals surface area contributed by atoms with Gasteiger partial charge in [-0.3, -0.25) is 4.79 Å². The van der Waals surface area contributed by atoms with Gasteiger partial charge < -0.3 is 5.32 Å². The molecule has 0 bridgehead atoms. The fourth-order valence-corrected chi connectivity index (χ4v) is 2.51. The summed E-state index contributed by atoms with van der Waals surface area (Å²) >= 11 is 0.249. The number of carbonyl (C=O) groups is 1. The third-order valence-corrected chi connectivity index (χ3v) is 3.55. The number of amides is 1. The summed E-state index contributed by atoms with van der Waals surface area (Å²) in [6.07, 6.45) is -9.90. The van der Waals surface area contributed by atoms with E-state index in [1.165, 1.54) is 12.1 Å². The Hall–Kier alpha value is -2.16. The van der Waals surface area contributed by atoms with Crippen LogP contribution in [0.3, 0.4) is 0 Å².